The highest BCUT2D eigenvalue weighted by Crippen LogP contribution is 2.38. The van der Waals surface area contributed by atoms with Crippen molar-refractivity contribution >= 4 is 0 Å². The summed E-state index contributed by atoms with van der Waals surface area (Å²) in [6.07, 6.45) is 4.27. The maximum atomic E-state index is 12.6. The molecule has 0 heterocycles. The van der Waals surface area contributed by atoms with Crippen LogP contribution in [0, 0.1) is 11.8 Å². The molecule has 0 unspecified atom stereocenters. The van der Waals surface area contributed by atoms with Crippen LogP contribution >= 0.6 is 0 Å². The fraction of sp³-hybridized carbons (Fsp3) is 1.00. The maximum Gasteiger partial charge on any atom is 0.391 e. The quantitative estimate of drug-likeness (QED) is 0.790. The molecule has 0 atom stereocenters. The van der Waals surface area contributed by atoms with Gasteiger partial charge in [0.25, 0.3) is 0 Å². The van der Waals surface area contributed by atoms with Crippen molar-refractivity contribution in [3.8, 4) is 0 Å². The van der Waals surface area contributed by atoms with Gasteiger partial charge in [-0.3, -0.25) is 0 Å². The number of nitrogens with one attached hydrogen (secondary N) is 1. The average molecular weight is 277 g/mol. The Labute approximate surface area is 114 Å². The molecule has 0 bridgehead atoms. The van der Waals surface area contributed by atoms with Gasteiger partial charge < -0.3 is 5.32 Å². The predicted molar refractivity (Wildman–Crippen MR) is 71.0 cm³/mol. The smallest absolute Gasteiger partial charge is 0.311 e. The molecule has 0 aromatic heterocycles. The van der Waals surface area contributed by atoms with Crippen LogP contribution in [0.2, 0.25) is 0 Å². The average Bonchev–Trinajstić information content (AvgIpc) is 2.39. The first kappa shape index (κ1) is 15.1. The van der Waals surface area contributed by atoms with Crippen molar-refractivity contribution in [2.24, 2.45) is 11.8 Å². The zero-order chi connectivity index (χ0) is 13.9. The van der Waals surface area contributed by atoms with Crippen LogP contribution in [0.25, 0.3) is 0 Å². The Morgan fingerprint density at radius 1 is 0.842 bits per heavy atom. The third kappa shape index (κ3) is 4.37. The van der Waals surface area contributed by atoms with Crippen molar-refractivity contribution in [1.29, 1.82) is 0 Å². The first-order valence-corrected chi connectivity index (χ1v) is 7.81. The molecule has 0 saturated heterocycles. The van der Waals surface area contributed by atoms with E-state index in [1.54, 1.807) is 0 Å². The van der Waals surface area contributed by atoms with Gasteiger partial charge in [-0.05, 0) is 57.3 Å². The molecule has 19 heavy (non-hydrogen) atoms. The molecule has 2 aliphatic carbocycles. The Balaban J connectivity index is 1.69. The minimum Gasteiger partial charge on any atom is -0.311 e. The summed E-state index contributed by atoms with van der Waals surface area (Å²) in [6, 6.07) is 0.872. The van der Waals surface area contributed by atoms with Crippen molar-refractivity contribution in [3.05, 3.63) is 0 Å². The van der Waals surface area contributed by atoms with E-state index in [0.29, 0.717) is 37.8 Å². The summed E-state index contributed by atoms with van der Waals surface area (Å²) in [6.45, 7) is 2.25. The monoisotopic (exact) mass is 277 g/mol. The Morgan fingerprint density at radius 3 is 1.74 bits per heavy atom. The highest BCUT2D eigenvalue weighted by atomic mass is 19.4. The second-order valence-electron chi connectivity index (χ2n) is 6.38. The first-order valence-electron chi connectivity index (χ1n) is 7.81. The summed E-state index contributed by atoms with van der Waals surface area (Å²) >= 11 is 0. The van der Waals surface area contributed by atoms with Gasteiger partial charge in [-0.15, -0.1) is 0 Å². The van der Waals surface area contributed by atoms with E-state index >= 15 is 0 Å². The summed E-state index contributed by atoms with van der Waals surface area (Å²) in [7, 11) is 0. The third-order valence-corrected chi connectivity index (χ3v) is 5.09. The van der Waals surface area contributed by atoms with E-state index in [-0.39, 0.29) is 0 Å². The molecule has 112 valence electrons. The first-order chi connectivity index (χ1) is 8.99. The van der Waals surface area contributed by atoms with E-state index in [2.05, 4.69) is 12.2 Å². The van der Waals surface area contributed by atoms with Crippen molar-refractivity contribution in [3.63, 3.8) is 0 Å². The van der Waals surface area contributed by atoms with E-state index in [1.807, 2.05) is 0 Å². The van der Waals surface area contributed by atoms with Gasteiger partial charge in [-0.2, -0.15) is 13.2 Å². The van der Waals surface area contributed by atoms with E-state index < -0.39 is 12.1 Å². The molecule has 2 rings (SSSR count). The summed E-state index contributed by atoms with van der Waals surface area (Å²) < 4.78 is 37.8. The Hall–Kier alpha value is -0.250. The number of hydrogen-bond acceptors (Lipinski definition) is 1. The molecule has 0 amide bonds. The number of halogens is 3. The molecule has 2 saturated carbocycles. The molecule has 1 N–H and O–H groups in total. The van der Waals surface area contributed by atoms with E-state index in [4.69, 9.17) is 0 Å². The molecular weight excluding hydrogens is 251 g/mol. The summed E-state index contributed by atoms with van der Waals surface area (Å²) in [5.41, 5.74) is 0. The lowest BCUT2D eigenvalue weighted by molar-refractivity contribution is -0.182. The number of hydrogen-bond donors (Lipinski definition) is 1. The molecule has 4 heteroatoms. The molecule has 2 aliphatic rings. The Kier molecular flexibility index (Phi) is 5.15. The van der Waals surface area contributed by atoms with Crippen LogP contribution in [0.3, 0.4) is 0 Å². The molecule has 0 aromatic carbocycles. The van der Waals surface area contributed by atoms with Crippen LogP contribution in [-0.2, 0) is 0 Å². The maximum absolute atomic E-state index is 12.6. The largest absolute Gasteiger partial charge is 0.391 e. The van der Waals surface area contributed by atoms with E-state index in [9.17, 15) is 13.2 Å². The van der Waals surface area contributed by atoms with E-state index in [0.717, 1.165) is 5.92 Å². The van der Waals surface area contributed by atoms with Gasteiger partial charge in [-0.1, -0.05) is 13.3 Å². The fourth-order valence-electron chi connectivity index (χ4n) is 3.66. The van der Waals surface area contributed by atoms with Crippen molar-refractivity contribution < 1.29 is 13.2 Å². The van der Waals surface area contributed by atoms with Gasteiger partial charge in [0.05, 0.1) is 5.92 Å². The number of alkyl halides is 3. The van der Waals surface area contributed by atoms with Crippen molar-refractivity contribution in [2.75, 3.05) is 0 Å². The minimum atomic E-state index is -3.98. The van der Waals surface area contributed by atoms with Crippen LogP contribution in [-0.4, -0.2) is 18.3 Å². The van der Waals surface area contributed by atoms with Crippen molar-refractivity contribution in [1.82, 2.24) is 5.32 Å². The molecule has 2 fully saturated rings. The van der Waals surface area contributed by atoms with Crippen LogP contribution in [0.1, 0.15) is 64.7 Å². The Morgan fingerprint density at radius 2 is 1.32 bits per heavy atom. The van der Waals surface area contributed by atoms with Crippen LogP contribution in [0.4, 0.5) is 13.2 Å². The summed E-state index contributed by atoms with van der Waals surface area (Å²) in [5.74, 6) is -0.180. The SMILES string of the molecule is CCC1CCC(NC2CCC(C(F)(F)F)CC2)CC1. The second-order valence-corrected chi connectivity index (χ2v) is 6.38. The summed E-state index contributed by atoms with van der Waals surface area (Å²) in [5, 5.41) is 3.61. The zero-order valence-corrected chi connectivity index (χ0v) is 11.8. The number of rotatable bonds is 3. The van der Waals surface area contributed by atoms with Crippen molar-refractivity contribution in [2.45, 2.75) is 83.0 Å². The van der Waals surface area contributed by atoms with Gasteiger partial charge in [0.2, 0.25) is 0 Å². The fourth-order valence-corrected chi connectivity index (χ4v) is 3.66. The molecule has 0 spiro atoms. The van der Waals surface area contributed by atoms with Gasteiger partial charge in [0, 0.05) is 12.1 Å². The second kappa shape index (κ2) is 6.47. The van der Waals surface area contributed by atoms with Gasteiger partial charge in [-0.25, -0.2) is 0 Å². The lowest BCUT2D eigenvalue weighted by Gasteiger charge is -2.35. The standard InChI is InChI=1S/C15H26F3N/c1-2-11-3-7-13(8-4-11)19-14-9-5-12(6-10-14)15(16,17)18/h11-14,19H,2-10H2,1H3. The van der Waals surface area contributed by atoms with Gasteiger partial charge in [0.15, 0.2) is 0 Å². The highest BCUT2D eigenvalue weighted by molar-refractivity contribution is 4.85. The van der Waals surface area contributed by atoms with Gasteiger partial charge >= 0.3 is 6.18 Å². The summed E-state index contributed by atoms with van der Waals surface area (Å²) in [4.78, 5) is 0. The zero-order valence-electron chi connectivity index (χ0n) is 11.8. The lowest BCUT2D eigenvalue weighted by atomic mass is 9.82. The predicted octanol–water partition coefficient (Wildman–Crippen LogP) is 4.67. The minimum absolute atomic E-state index is 0.311. The highest BCUT2D eigenvalue weighted by Gasteiger charge is 2.41. The third-order valence-electron chi connectivity index (χ3n) is 5.09. The van der Waals surface area contributed by atoms with Crippen LogP contribution in [0.5, 0.6) is 0 Å². The topological polar surface area (TPSA) is 12.0 Å². The lowest BCUT2D eigenvalue weighted by Crippen LogP contribution is -2.43. The van der Waals surface area contributed by atoms with Crippen LogP contribution < -0.4 is 5.32 Å². The van der Waals surface area contributed by atoms with Gasteiger partial charge in [0.1, 0.15) is 0 Å². The molecule has 0 radical (unpaired) electrons. The molecule has 0 aliphatic heterocycles. The molecule has 1 nitrogen and oxygen atoms in total. The van der Waals surface area contributed by atoms with E-state index in [1.165, 1.54) is 32.1 Å². The van der Waals surface area contributed by atoms with Crippen LogP contribution in [0.15, 0.2) is 0 Å². The molecule has 0 aromatic rings. The Bertz CT molecular complexity index is 261. The molecular formula is C15H26F3N. The normalized spacial score (nSPS) is 37.3.